The fourth-order valence-electron chi connectivity index (χ4n) is 1.94. The number of H-pyrrole nitrogens is 1. The lowest BCUT2D eigenvalue weighted by atomic mass is 10.3. The predicted octanol–water partition coefficient (Wildman–Crippen LogP) is 0.139. The van der Waals surface area contributed by atoms with E-state index in [0.29, 0.717) is 29.5 Å². The number of rotatable bonds is 6. The van der Waals surface area contributed by atoms with Crippen molar-refractivity contribution >= 4 is 28.7 Å². The second-order valence-electron chi connectivity index (χ2n) is 4.90. The summed E-state index contributed by atoms with van der Waals surface area (Å²) in [6.07, 6.45) is 0. The number of carbonyl (C=O) groups excluding carboxylic acids is 1. The van der Waals surface area contributed by atoms with Crippen molar-refractivity contribution in [3.05, 3.63) is 20.8 Å². The van der Waals surface area contributed by atoms with E-state index in [1.807, 2.05) is 0 Å². The lowest BCUT2D eigenvalue weighted by molar-refractivity contribution is -0.116. The van der Waals surface area contributed by atoms with Crippen LogP contribution in [0.1, 0.15) is 13.8 Å². The number of aromatic amines is 1. The van der Waals surface area contributed by atoms with E-state index in [0.717, 1.165) is 0 Å². The van der Waals surface area contributed by atoms with Crippen molar-refractivity contribution in [2.75, 3.05) is 13.7 Å². The van der Waals surface area contributed by atoms with Crippen molar-refractivity contribution < 1.29 is 9.53 Å². The Labute approximate surface area is 130 Å². The molecule has 120 valence electrons. The number of carbonyl (C=O) groups is 1. The summed E-state index contributed by atoms with van der Waals surface area (Å²) in [5, 5.41) is 0.218. The van der Waals surface area contributed by atoms with Crippen LogP contribution in [0.25, 0.3) is 11.2 Å². The number of methoxy groups -OCH3 is 1. The monoisotopic (exact) mass is 326 g/mol. The van der Waals surface area contributed by atoms with Crippen molar-refractivity contribution in [3.8, 4) is 0 Å². The van der Waals surface area contributed by atoms with E-state index in [9.17, 15) is 14.4 Å². The molecule has 0 aromatic carbocycles. The third kappa shape index (κ3) is 3.00. The first kappa shape index (κ1) is 16.5. The van der Waals surface area contributed by atoms with Crippen LogP contribution in [-0.2, 0) is 23.1 Å². The van der Waals surface area contributed by atoms with Crippen molar-refractivity contribution in [2.45, 2.75) is 30.8 Å². The van der Waals surface area contributed by atoms with Crippen LogP contribution in [-0.4, -0.2) is 43.9 Å². The smallest absolute Gasteiger partial charge is 0.329 e. The van der Waals surface area contributed by atoms with Gasteiger partial charge in [0.1, 0.15) is 5.78 Å². The lowest BCUT2D eigenvalue weighted by Gasteiger charge is -2.10. The third-order valence-electron chi connectivity index (χ3n) is 3.35. The predicted molar refractivity (Wildman–Crippen MR) is 83.5 cm³/mol. The molecular formula is C13H18N4O4S. The number of Topliss-reactive ketones (excluding diaryl/α,β-unsaturated/α-hetero) is 1. The zero-order valence-corrected chi connectivity index (χ0v) is 13.7. The van der Waals surface area contributed by atoms with Crippen LogP contribution in [0.4, 0.5) is 0 Å². The van der Waals surface area contributed by atoms with Crippen molar-refractivity contribution in [1.82, 2.24) is 19.1 Å². The Morgan fingerprint density at radius 1 is 1.45 bits per heavy atom. The maximum absolute atomic E-state index is 12.1. The average molecular weight is 326 g/mol. The van der Waals surface area contributed by atoms with Crippen molar-refractivity contribution in [2.24, 2.45) is 7.05 Å². The fourth-order valence-corrected chi connectivity index (χ4v) is 2.87. The molecule has 0 aliphatic carbocycles. The van der Waals surface area contributed by atoms with Gasteiger partial charge in [0.15, 0.2) is 16.3 Å². The van der Waals surface area contributed by atoms with Gasteiger partial charge in [-0.2, -0.15) is 0 Å². The summed E-state index contributed by atoms with van der Waals surface area (Å²) < 4.78 is 8.02. The van der Waals surface area contributed by atoms with Gasteiger partial charge in [-0.05, 0) is 13.8 Å². The molecule has 8 nitrogen and oxygen atoms in total. The first-order valence-electron chi connectivity index (χ1n) is 6.72. The van der Waals surface area contributed by atoms with Gasteiger partial charge in [0.25, 0.3) is 5.56 Å². The first-order chi connectivity index (χ1) is 10.4. The highest BCUT2D eigenvalue weighted by Gasteiger charge is 2.20. The van der Waals surface area contributed by atoms with Crippen LogP contribution >= 0.6 is 11.8 Å². The second-order valence-corrected chi connectivity index (χ2v) is 6.21. The Balaban J connectivity index is 2.66. The molecule has 2 aromatic rings. The van der Waals surface area contributed by atoms with E-state index >= 15 is 0 Å². The number of aryl methyl sites for hydroxylation is 1. The van der Waals surface area contributed by atoms with Gasteiger partial charge >= 0.3 is 5.69 Å². The summed E-state index contributed by atoms with van der Waals surface area (Å²) in [6, 6.07) is 0. The average Bonchev–Trinajstić information content (AvgIpc) is 2.81. The highest BCUT2D eigenvalue weighted by atomic mass is 32.2. The first-order valence-corrected chi connectivity index (χ1v) is 7.60. The van der Waals surface area contributed by atoms with Gasteiger partial charge in [0.2, 0.25) is 0 Å². The van der Waals surface area contributed by atoms with Crippen LogP contribution in [0.2, 0.25) is 0 Å². The molecule has 0 unspecified atom stereocenters. The highest BCUT2D eigenvalue weighted by Crippen LogP contribution is 2.25. The standard InChI is InChI=1S/C13H18N4O4S/c1-7(18)8(2)22-13-14-10-9(17(13)5-6-21-4)11(19)15-12(20)16(10)3/h8H,5-6H2,1-4H3,(H,15,19,20)/t8-/m0/s1. The third-order valence-corrected chi connectivity index (χ3v) is 4.55. The van der Waals surface area contributed by atoms with Crippen LogP contribution in [0, 0.1) is 0 Å². The summed E-state index contributed by atoms with van der Waals surface area (Å²) in [7, 11) is 3.10. The molecule has 2 rings (SSSR count). The molecule has 0 radical (unpaired) electrons. The van der Waals surface area contributed by atoms with Crippen LogP contribution in [0.5, 0.6) is 0 Å². The minimum absolute atomic E-state index is 0.0122. The Bertz CT molecular complexity index is 820. The van der Waals surface area contributed by atoms with Gasteiger partial charge in [0, 0.05) is 20.7 Å². The van der Waals surface area contributed by atoms with E-state index in [-0.39, 0.29) is 11.0 Å². The number of aromatic nitrogens is 4. The Hall–Kier alpha value is -1.87. The molecule has 1 N–H and O–H groups in total. The zero-order valence-electron chi connectivity index (χ0n) is 12.9. The molecule has 2 aromatic heterocycles. The Morgan fingerprint density at radius 3 is 2.73 bits per heavy atom. The van der Waals surface area contributed by atoms with Gasteiger partial charge in [-0.3, -0.25) is 19.1 Å². The maximum Gasteiger partial charge on any atom is 0.329 e. The molecule has 2 heterocycles. The molecule has 0 saturated carbocycles. The largest absolute Gasteiger partial charge is 0.383 e. The molecule has 0 saturated heterocycles. The van der Waals surface area contributed by atoms with Crippen LogP contribution in [0.3, 0.4) is 0 Å². The number of nitrogens with zero attached hydrogens (tertiary/aromatic N) is 3. The number of thioether (sulfide) groups is 1. The molecule has 9 heteroatoms. The molecule has 0 aliphatic rings. The molecule has 0 aliphatic heterocycles. The number of ether oxygens (including phenoxy) is 1. The minimum atomic E-state index is -0.523. The van der Waals surface area contributed by atoms with E-state index in [1.165, 1.54) is 30.3 Å². The highest BCUT2D eigenvalue weighted by molar-refractivity contribution is 8.00. The number of hydrogen-bond donors (Lipinski definition) is 1. The number of hydrogen-bond acceptors (Lipinski definition) is 6. The Kier molecular flexibility index (Phi) is 4.87. The normalized spacial score (nSPS) is 12.7. The maximum atomic E-state index is 12.1. The molecule has 0 bridgehead atoms. The lowest BCUT2D eigenvalue weighted by Crippen LogP contribution is -2.29. The summed E-state index contributed by atoms with van der Waals surface area (Å²) in [5.41, 5.74) is -0.422. The van der Waals surface area contributed by atoms with Crippen LogP contribution < -0.4 is 11.2 Å². The zero-order chi connectivity index (χ0) is 16.4. The molecule has 0 amide bonds. The van der Waals surface area contributed by atoms with Gasteiger partial charge in [0.05, 0.1) is 11.9 Å². The number of ketones is 1. The fraction of sp³-hybridized carbons (Fsp3) is 0.538. The van der Waals surface area contributed by atoms with Gasteiger partial charge < -0.3 is 9.30 Å². The van der Waals surface area contributed by atoms with E-state index in [2.05, 4.69) is 9.97 Å². The number of imidazole rings is 1. The second kappa shape index (κ2) is 6.49. The van der Waals surface area contributed by atoms with E-state index < -0.39 is 11.2 Å². The molecule has 0 fully saturated rings. The van der Waals surface area contributed by atoms with Gasteiger partial charge in [-0.1, -0.05) is 11.8 Å². The van der Waals surface area contributed by atoms with Gasteiger partial charge in [-0.25, -0.2) is 9.78 Å². The van der Waals surface area contributed by atoms with Gasteiger partial charge in [-0.15, -0.1) is 0 Å². The molecule has 0 spiro atoms. The van der Waals surface area contributed by atoms with Crippen LogP contribution in [0.15, 0.2) is 14.7 Å². The number of nitrogens with one attached hydrogen (secondary N) is 1. The van der Waals surface area contributed by atoms with E-state index in [1.54, 1.807) is 18.6 Å². The molecule has 22 heavy (non-hydrogen) atoms. The molecular weight excluding hydrogens is 308 g/mol. The molecule has 1 atom stereocenters. The topological polar surface area (TPSA) is 99.0 Å². The van der Waals surface area contributed by atoms with Crippen molar-refractivity contribution in [1.29, 1.82) is 0 Å². The summed E-state index contributed by atoms with van der Waals surface area (Å²) in [4.78, 5) is 41.9. The summed E-state index contributed by atoms with van der Waals surface area (Å²) in [5.74, 6) is 0.0122. The Morgan fingerprint density at radius 2 is 2.14 bits per heavy atom. The number of fused-ring (bicyclic) bond motifs is 1. The van der Waals surface area contributed by atoms with Crippen molar-refractivity contribution in [3.63, 3.8) is 0 Å². The SMILES string of the molecule is COCCn1c(S[C@@H](C)C(C)=O)nc2c1c(=O)[nH]c(=O)n2C. The van der Waals surface area contributed by atoms with E-state index in [4.69, 9.17) is 4.74 Å². The minimum Gasteiger partial charge on any atom is -0.383 e. The quantitative estimate of drug-likeness (QED) is 0.758. The summed E-state index contributed by atoms with van der Waals surface area (Å²) in [6.45, 7) is 4.07. The summed E-state index contributed by atoms with van der Waals surface area (Å²) >= 11 is 1.26.